The minimum Gasteiger partial charge on any atom is -0.491 e. The zero-order valence-electron chi connectivity index (χ0n) is 19.0. The minimum atomic E-state index is -0.566. The van der Waals surface area contributed by atoms with Gasteiger partial charge in [-0.05, 0) is 64.1 Å². The van der Waals surface area contributed by atoms with Crippen molar-refractivity contribution in [3.05, 3.63) is 76.2 Å². The van der Waals surface area contributed by atoms with Gasteiger partial charge in [-0.25, -0.2) is 0 Å². The molecule has 0 saturated carbocycles. The van der Waals surface area contributed by atoms with Crippen LogP contribution in [0.1, 0.15) is 33.7 Å². The van der Waals surface area contributed by atoms with Gasteiger partial charge in [0.25, 0.3) is 0 Å². The van der Waals surface area contributed by atoms with Crippen molar-refractivity contribution in [2.24, 2.45) is 0 Å². The van der Waals surface area contributed by atoms with Crippen molar-refractivity contribution in [1.29, 1.82) is 0 Å². The van der Waals surface area contributed by atoms with Crippen LogP contribution in [0.3, 0.4) is 0 Å². The van der Waals surface area contributed by atoms with E-state index in [0.29, 0.717) is 13.2 Å². The Bertz CT molecular complexity index is 962. The molecule has 1 N–H and O–H groups in total. The molecule has 0 unspecified atom stereocenters. The topological polar surface area (TPSA) is 68.0 Å². The number of nitrogens with zero attached hydrogens (tertiary/aromatic N) is 2. The average molecular weight is 425 g/mol. The fourth-order valence-corrected chi connectivity index (χ4v) is 3.49. The van der Waals surface area contributed by atoms with Gasteiger partial charge in [0.2, 0.25) is 0 Å². The second-order valence-corrected chi connectivity index (χ2v) is 8.17. The first-order chi connectivity index (χ1) is 14.8. The summed E-state index contributed by atoms with van der Waals surface area (Å²) in [4.78, 5) is 2.08. The molecule has 31 heavy (non-hydrogen) atoms. The zero-order chi connectivity index (χ0) is 22.4. The van der Waals surface area contributed by atoms with Gasteiger partial charge in [-0.15, -0.1) is 0 Å². The van der Waals surface area contributed by atoms with Crippen molar-refractivity contribution in [1.82, 2.24) is 10.1 Å². The lowest BCUT2D eigenvalue weighted by molar-refractivity contribution is 0.0741. The molecule has 166 valence electrons. The van der Waals surface area contributed by atoms with Crippen molar-refractivity contribution in [2.75, 3.05) is 20.2 Å². The van der Waals surface area contributed by atoms with E-state index in [1.807, 2.05) is 64.2 Å². The summed E-state index contributed by atoms with van der Waals surface area (Å²) in [5, 5.41) is 14.3. The van der Waals surface area contributed by atoms with Crippen LogP contribution in [0.5, 0.6) is 11.5 Å². The number of aromatic nitrogens is 1. The second-order valence-electron chi connectivity index (χ2n) is 8.17. The predicted molar refractivity (Wildman–Crippen MR) is 121 cm³/mol. The van der Waals surface area contributed by atoms with E-state index in [2.05, 4.69) is 23.0 Å². The van der Waals surface area contributed by atoms with Crippen LogP contribution in [0.4, 0.5) is 0 Å². The number of hydrogen-bond acceptors (Lipinski definition) is 6. The van der Waals surface area contributed by atoms with Gasteiger partial charge < -0.3 is 19.1 Å². The molecule has 2 aromatic carbocycles. The SMILES string of the molecule is Cc1ccc(OC[C@H](O)CN(C)Cc2ccc(OCc3c(C)noc3C)cc2)c(C)c1. The summed E-state index contributed by atoms with van der Waals surface area (Å²) >= 11 is 0. The van der Waals surface area contributed by atoms with Gasteiger partial charge >= 0.3 is 0 Å². The highest BCUT2D eigenvalue weighted by Gasteiger charge is 2.12. The van der Waals surface area contributed by atoms with Crippen LogP contribution < -0.4 is 9.47 Å². The fraction of sp³-hybridized carbons (Fsp3) is 0.400. The van der Waals surface area contributed by atoms with Gasteiger partial charge in [-0.3, -0.25) is 4.90 Å². The first-order valence-electron chi connectivity index (χ1n) is 10.5. The summed E-state index contributed by atoms with van der Waals surface area (Å²) in [5.74, 6) is 2.41. The molecule has 6 heteroatoms. The van der Waals surface area contributed by atoms with Crippen LogP contribution in [-0.2, 0) is 13.2 Å². The lowest BCUT2D eigenvalue weighted by Gasteiger charge is -2.21. The molecule has 1 heterocycles. The van der Waals surface area contributed by atoms with Crippen molar-refractivity contribution in [2.45, 2.75) is 47.0 Å². The fourth-order valence-electron chi connectivity index (χ4n) is 3.49. The second kappa shape index (κ2) is 10.5. The molecular weight excluding hydrogens is 392 g/mol. The van der Waals surface area contributed by atoms with Crippen LogP contribution in [0.15, 0.2) is 47.0 Å². The Morgan fingerprint density at radius 1 is 1.03 bits per heavy atom. The molecule has 1 aromatic heterocycles. The number of aliphatic hydroxyl groups excluding tert-OH is 1. The maximum Gasteiger partial charge on any atom is 0.140 e. The molecule has 3 aromatic rings. The Labute approximate surface area is 184 Å². The number of benzene rings is 2. The highest BCUT2D eigenvalue weighted by Crippen LogP contribution is 2.20. The van der Waals surface area contributed by atoms with Crippen LogP contribution in [0.25, 0.3) is 0 Å². The molecule has 0 aliphatic rings. The highest BCUT2D eigenvalue weighted by molar-refractivity contribution is 5.35. The van der Waals surface area contributed by atoms with Crippen molar-refractivity contribution < 1.29 is 19.1 Å². The van der Waals surface area contributed by atoms with Crippen molar-refractivity contribution in [3.63, 3.8) is 0 Å². The smallest absolute Gasteiger partial charge is 0.140 e. The van der Waals surface area contributed by atoms with Gasteiger partial charge in [0.05, 0.1) is 11.3 Å². The molecule has 0 aliphatic carbocycles. The van der Waals surface area contributed by atoms with Crippen molar-refractivity contribution in [3.8, 4) is 11.5 Å². The van der Waals surface area contributed by atoms with E-state index < -0.39 is 6.10 Å². The molecule has 0 radical (unpaired) electrons. The first-order valence-corrected chi connectivity index (χ1v) is 10.5. The van der Waals surface area contributed by atoms with Crippen LogP contribution in [0.2, 0.25) is 0 Å². The molecule has 6 nitrogen and oxygen atoms in total. The predicted octanol–water partition coefficient (Wildman–Crippen LogP) is 4.36. The Hall–Kier alpha value is -2.83. The molecule has 0 saturated heterocycles. The van der Waals surface area contributed by atoms with E-state index in [0.717, 1.165) is 46.2 Å². The quantitative estimate of drug-likeness (QED) is 0.522. The largest absolute Gasteiger partial charge is 0.491 e. The summed E-state index contributed by atoms with van der Waals surface area (Å²) in [7, 11) is 1.99. The first kappa shape index (κ1) is 22.8. The standard InChI is InChI=1S/C25H32N2O4/c1-17-6-11-25(18(2)12-17)30-15-22(28)14-27(5)13-21-7-9-23(10-8-21)29-16-24-19(3)26-31-20(24)4/h6-12,22,28H,13-16H2,1-5H3/t22-/m1/s1. The van der Waals surface area contributed by atoms with Gasteiger partial charge in [0, 0.05) is 13.1 Å². The molecule has 1 atom stereocenters. The molecular formula is C25H32N2O4. The lowest BCUT2D eigenvalue weighted by atomic mass is 10.1. The molecule has 0 amide bonds. The maximum absolute atomic E-state index is 10.4. The Kier molecular flexibility index (Phi) is 7.71. The lowest BCUT2D eigenvalue weighted by Crippen LogP contribution is -2.32. The normalized spacial score (nSPS) is 12.2. The Balaban J connectivity index is 1.43. The van der Waals surface area contributed by atoms with E-state index >= 15 is 0 Å². The van der Waals surface area contributed by atoms with E-state index in [1.165, 1.54) is 5.56 Å². The highest BCUT2D eigenvalue weighted by atomic mass is 16.5. The Morgan fingerprint density at radius 2 is 1.77 bits per heavy atom. The third-order valence-corrected chi connectivity index (χ3v) is 5.22. The number of rotatable bonds is 10. The summed E-state index contributed by atoms with van der Waals surface area (Å²) in [6.07, 6.45) is -0.566. The average Bonchev–Trinajstić information content (AvgIpc) is 3.04. The minimum absolute atomic E-state index is 0.267. The zero-order valence-corrected chi connectivity index (χ0v) is 19.0. The number of hydrogen-bond donors (Lipinski definition) is 1. The summed E-state index contributed by atoms with van der Waals surface area (Å²) < 4.78 is 16.8. The van der Waals surface area contributed by atoms with Crippen LogP contribution in [-0.4, -0.2) is 41.5 Å². The van der Waals surface area contributed by atoms with Crippen LogP contribution in [0, 0.1) is 27.7 Å². The number of ether oxygens (including phenoxy) is 2. The van der Waals surface area contributed by atoms with E-state index in [1.54, 1.807) is 0 Å². The monoisotopic (exact) mass is 424 g/mol. The van der Waals surface area contributed by atoms with E-state index in [-0.39, 0.29) is 6.61 Å². The number of aliphatic hydroxyl groups is 1. The van der Waals surface area contributed by atoms with Gasteiger partial charge in [0.1, 0.15) is 36.6 Å². The number of likely N-dealkylation sites (N-methyl/N-ethyl adjacent to an activating group) is 1. The third-order valence-electron chi connectivity index (χ3n) is 5.22. The summed E-state index contributed by atoms with van der Waals surface area (Å²) in [5.41, 5.74) is 5.27. The molecule has 0 fully saturated rings. The summed E-state index contributed by atoms with van der Waals surface area (Å²) in [6, 6.07) is 14.0. The van der Waals surface area contributed by atoms with E-state index in [4.69, 9.17) is 14.0 Å². The van der Waals surface area contributed by atoms with E-state index in [9.17, 15) is 5.11 Å². The van der Waals surface area contributed by atoms with Gasteiger partial charge in [0.15, 0.2) is 0 Å². The molecule has 3 rings (SSSR count). The summed E-state index contributed by atoms with van der Waals surface area (Å²) in [6.45, 7) is 9.82. The van der Waals surface area contributed by atoms with Gasteiger partial charge in [-0.1, -0.05) is 35.0 Å². The van der Waals surface area contributed by atoms with Gasteiger partial charge in [-0.2, -0.15) is 0 Å². The van der Waals surface area contributed by atoms with Crippen LogP contribution >= 0.6 is 0 Å². The molecule has 0 aliphatic heterocycles. The molecule has 0 bridgehead atoms. The maximum atomic E-state index is 10.4. The Morgan fingerprint density at radius 3 is 2.42 bits per heavy atom. The number of aryl methyl sites for hydroxylation is 4. The van der Waals surface area contributed by atoms with Crippen molar-refractivity contribution >= 4 is 0 Å². The third kappa shape index (κ3) is 6.57. The molecule has 0 spiro atoms.